The Hall–Kier alpha value is -3.41. The molecule has 6 rings (SSSR count). The number of nitrogens with zero attached hydrogens (tertiary/aromatic N) is 1. The highest BCUT2D eigenvalue weighted by atomic mass is 16.1. The molecule has 2 aliphatic carbocycles. The van der Waals surface area contributed by atoms with E-state index in [1.807, 2.05) is 48.5 Å². The number of carbonyl (C=O) groups is 1. The molecular formula is C24H22N4O2. The predicted octanol–water partition coefficient (Wildman–Crippen LogP) is 3.86. The highest BCUT2D eigenvalue weighted by Crippen LogP contribution is 2.62. The van der Waals surface area contributed by atoms with Crippen molar-refractivity contribution >= 4 is 27.6 Å². The van der Waals surface area contributed by atoms with Crippen LogP contribution in [0, 0.1) is 5.41 Å². The molecule has 6 nitrogen and oxygen atoms in total. The first kappa shape index (κ1) is 17.4. The minimum Gasteiger partial charge on any atom is -0.360 e. The van der Waals surface area contributed by atoms with E-state index in [9.17, 15) is 9.59 Å². The summed E-state index contributed by atoms with van der Waals surface area (Å²) in [7, 11) is 0. The number of aromatic nitrogens is 3. The van der Waals surface area contributed by atoms with Gasteiger partial charge >= 0.3 is 0 Å². The fourth-order valence-electron chi connectivity index (χ4n) is 5.57. The quantitative estimate of drug-likeness (QED) is 0.489. The van der Waals surface area contributed by atoms with Crippen molar-refractivity contribution in [1.82, 2.24) is 20.5 Å². The fraction of sp³-hybridized carbons (Fsp3) is 0.292. The number of amides is 1. The maximum absolute atomic E-state index is 12.7. The van der Waals surface area contributed by atoms with Gasteiger partial charge < -0.3 is 10.3 Å². The van der Waals surface area contributed by atoms with Crippen molar-refractivity contribution in [3.05, 3.63) is 76.3 Å². The molecular weight excluding hydrogens is 376 g/mol. The number of benzene rings is 2. The summed E-state index contributed by atoms with van der Waals surface area (Å²) in [4.78, 5) is 27.9. The van der Waals surface area contributed by atoms with Crippen LogP contribution in [0.4, 0.5) is 0 Å². The normalized spacial score (nSPS) is 25.2. The molecule has 1 spiro atoms. The molecule has 0 radical (unpaired) electrons. The lowest BCUT2D eigenvalue weighted by Crippen LogP contribution is -2.55. The van der Waals surface area contributed by atoms with E-state index in [-0.39, 0.29) is 17.5 Å². The van der Waals surface area contributed by atoms with Gasteiger partial charge in [0.15, 0.2) is 0 Å². The van der Waals surface area contributed by atoms with Crippen LogP contribution in [0.25, 0.3) is 21.7 Å². The van der Waals surface area contributed by atoms with E-state index in [0.29, 0.717) is 22.3 Å². The van der Waals surface area contributed by atoms with Gasteiger partial charge in [-0.2, -0.15) is 5.10 Å². The van der Waals surface area contributed by atoms with Gasteiger partial charge in [-0.25, -0.2) is 5.10 Å². The number of aromatic amines is 2. The zero-order valence-electron chi connectivity index (χ0n) is 16.4. The Morgan fingerprint density at radius 3 is 2.47 bits per heavy atom. The van der Waals surface area contributed by atoms with Crippen LogP contribution in [0.15, 0.2) is 59.5 Å². The molecule has 2 fully saturated rings. The van der Waals surface area contributed by atoms with Gasteiger partial charge in [0.2, 0.25) is 0 Å². The Morgan fingerprint density at radius 1 is 0.967 bits per heavy atom. The molecule has 2 aromatic heterocycles. The Kier molecular flexibility index (Phi) is 3.66. The van der Waals surface area contributed by atoms with Crippen molar-refractivity contribution < 1.29 is 4.79 Å². The van der Waals surface area contributed by atoms with E-state index < -0.39 is 0 Å². The molecule has 0 bridgehead atoms. The van der Waals surface area contributed by atoms with E-state index in [4.69, 9.17) is 0 Å². The summed E-state index contributed by atoms with van der Waals surface area (Å²) >= 11 is 0. The average Bonchev–Trinajstić information content (AvgIpc) is 3.14. The second-order valence-corrected chi connectivity index (χ2v) is 8.92. The van der Waals surface area contributed by atoms with Gasteiger partial charge in [0, 0.05) is 34.4 Å². The average molecular weight is 398 g/mol. The number of hydrogen-bond acceptors (Lipinski definition) is 3. The van der Waals surface area contributed by atoms with Crippen molar-refractivity contribution in [2.45, 2.75) is 37.6 Å². The molecule has 0 saturated heterocycles. The lowest BCUT2D eigenvalue weighted by molar-refractivity contribution is -0.0196. The SMILES string of the molecule is O=C(NC1CC2(C1)CC(c1n[nH]c(=O)c3ccccc13)C2)c1c[nH]c2ccccc12. The lowest BCUT2D eigenvalue weighted by atomic mass is 9.49. The fourth-order valence-corrected chi connectivity index (χ4v) is 5.57. The first-order valence-corrected chi connectivity index (χ1v) is 10.5. The Labute approximate surface area is 172 Å². The molecule has 0 unspecified atom stereocenters. The smallest absolute Gasteiger partial charge is 0.272 e. The van der Waals surface area contributed by atoms with Crippen LogP contribution in [-0.4, -0.2) is 27.1 Å². The molecule has 2 heterocycles. The van der Waals surface area contributed by atoms with E-state index in [0.717, 1.165) is 47.7 Å². The van der Waals surface area contributed by atoms with E-state index >= 15 is 0 Å². The summed E-state index contributed by atoms with van der Waals surface area (Å²) < 4.78 is 0. The molecule has 150 valence electrons. The molecule has 30 heavy (non-hydrogen) atoms. The van der Waals surface area contributed by atoms with Gasteiger partial charge in [0.25, 0.3) is 11.5 Å². The third-order valence-corrected chi connectivity index (χ3v) is 7.00. The van der Waals surface area contributed by atoms with Crippen molar-refractivity contribution in [2.75, 3.05) is 0 Å². The summed E-state index contributed by atoms with van der Waals surface area (Å²) in [6.45, 7) is 0. The van der Waals surface area contributed by atoms with E-state index in [1.54, 1.807) is 6.20 Å². The van der Waals surface area contributed by atoms with Crippen LogP contribution in [-0.2, 0) is 0 Å². The molecule has 6 heteroatoms. The Balaban J connectivity index is 1.12. The number of hydrogen-bond donors (Lipinski definition) is 3. The van der Waals surface area contributed by atoms with Gasteiger partial charge in [0.1, 0.15) is 0 Å². The van der Waals surface area contributed by atoms with Crippen molar-refractivity contribution in [1.29, 1.82) is 0 Å². The number of rotatable bonds is 3. The van der Waals surface area contributed by atoms with Gasteiger partial charge in [-0.15, -0.1) is 0 Å². The van der Waals surface area contributed by atoms with Crippen molar-refractivity contribution in [3.8, 4) is 0 Å². The molecule has 3 N–H and O–H groups in total. The minimum atomic E-state index is -0.132. The molecule has 2 saturated carbocycles. The standard InChI is InChI=1S/C24H22N4O2/c29-22(19-13-25-20-8-4-3-5-16(19)20)26-15-11-24(12-15)9-14(10-24)21-17-6-1-2-7-18(17)23(30)28-27-21/h1-8,13-15,25H,9-12H2,(H,26,29)(H,28,30). The molecule has 0 atom stereocenters. The van der Waals surface area contributed by atoms with Crippen molar-refractivity contribution in [3.63, 3.8) is 0 Å². The third-order valence-electron chi connectivity index (χ3n) is 7.00. The maximum Gasteiger partial charge on any atom is 0.272 e. The third kappa shape index (κ3) is 2.60. The van der Waals surface area contributed by atoms with Crippen LogP contribution >= 0.6 is 0 Å². The zero-order valence-corrected chi connectivity index (χ0v) is 16.4. The van der Waals surface area contributed by atoms with Gasteiger partial charge in [-0.05, 0) is 43.2 Å². The number of carbonyl (C=O) groups excluding carboxylic acids is 1. The summed E-state index contributed by atoms with van der Waals surface area (Å²) in [6.07, 6.45) is 5.95. The number of para-hydroxylation sites is 1. The zero-order chi connectivity index (χ0) is 20.3. The van der Waals surface area contributed by atoms with E-state index in [1.165, 1.54) is 0 Å². The second-order valence-electron chi connectivity index (χ2n) is 8.92. The van der Waals surface area contributed by atoms with Gasteiger partial charge in [0.05, 0.1) is 16.6 Å². The molecule has 0 aliphatic heterocycles. The highest BCUT2D eigenvalue weighted by Gasteiger charge is 2.54. The number of H-pyrrole nitrogens is 2. The van der Waals surface area contributed by atoms with Crippen LogP contribution < -0.4 is 10.9 Å². The summed E-state index contributed by atoms with van der Waals surface area (Å²) in [5.41, 5.74) is 2.87. The number of nitrogens with one attached hydrogen (secondary N) is 3. The van der Waals surface area contributed by atoms with Crippen LogP contribution in [0.5, 0.6) is 0 Å². The van der Waals surface area contributed by atoms with Crippen molar-refractivity contribution in [2.24, 2.45) is 5.41 Å². The molecule has 1 amide bonds. The summed E-state index contributed by atoms with van der Waals surface area (Å²) in [6, 6.07) is 15.8. The largest absolute Gasteiger partial charge is 0.360 e. The highest BCUT2D eigenvalue weighted by molar-refractivity contribution is 6.06. The van der Waals surface area contributed by atoms with Gasteiger partial charge in [-0.3, -0.25) is 9.59 Å². The predicted molar refractivity (Wildman–Crippen MR) is 116 cm³/mol. The Morgan fingerprint density at radius 2 is 1.67 bits per heavy atom. The minimum absolute atomic E-state index is 0.00327. The van der Waals surface area contributed by atoms with Crippen LogP contribution in [0.3, 0.4) is 0 Å². The monoisotopic (exact) mass is 398 g/mol. The van der Waals surface area contributed by atoms with Gasteiger partial charge in [-0.1, -0.05) is 36.4 Å². The number of fused-ring (bicyclic) bond motifs is 2. The lowest BCUT2D eigenvalue weighted by Gasteiger charge is -2.57. The molecule has 4 aromatic rings. The molecule has 2 aliphatic rings. The Bertz CT molecular complexity index is 1340. The van der Waals surface area contributed by atoms with Crippen LogP contribution in [0.2, 0.25) is 0 Å². The topological polar surface area (TPSA) is 90.6 Å². The first-order chi connectivity index (χ1) is 14.6. The second kappa shape index (κ2) is 6.29. The maximum atomic E-state index is 12.7. The summed E-state index contributed by atoms with van der Waals surface area (Å²) in [5, 5.41) is 12.9. The first-order valence-electron chi connectivity index (χ1n) is 10.5. The van der Waals surface area contributed by atoms with Crippen LogP contribution in [0.1, 0.15) is 47.7 Å². The summed E-state index contributed by atoms with van der Waals surface area (Å²) in [5.74, 6) is 0.369. The molecule has 2 aromatic carbocycles. The van der Waals surface area contributed by atoms with E-state index in [2.05, 4.69) is 20.5 Å².